The number of fused-ring (bicyclic) bond motifs is 1. The molecule has 1 unspecified atom stereocenters. The van der Waals surface area contributed by atoms with Gasteiger partial charge in [0, 0.05) is 16.8 Å². The van der Waals surface area contributed by atoms with Gasteiger partial charge in [0.1, 0.15) is 5.60 Å². The minimum atomic E-state index is -0.714. The number of hydrogen-bond donors (Lipinski definition) is 2. The van der Waals surface area contributed by atoms with Gasteiger partial charge in [0.2, 0.25) is 0 Å². The molecule has 2 aliphatic carbocycles. The molecule has 2 nitrogen and oxygen atoms in total. The van der Waals surface area contributed by atoms with E-state index in [0.29, 0.717) is 6.54 Å². The summed E-state index contributed by atoms with van der Waals surface area (Å²) in [5, 5.41) is 12.8. The van der Waals surface area contributed by atoms with E-state index in [-0.39, 0.29) is 5.41 Å². The number of rotatable bonds is 1. The van der Waals surface area contributed by atoms with Crippen LogP contribution >= 0.6 is 11.3 Å². The summed E-state index contributed by atoms with van der Waals surface area (Å²) in [4.78, 5) is 1.14. The van der Waals surface area contributed by atoms with Crippen LogP contribution in [0.4, 0.5) is 0 Å². The Bertz CT molecular complexity index is 369. The fourth-order valence-corrected chi connectivity index (χ4v) is 4.03. The van der Waals surface area contributed by atoms with Gasteiger partial charge in [0.25, 0.3) is 0 Å². The van der Waals surface area contributed by atoms with Crippen molar-refractivity contribution in [3.05, 3.63) is 21.9 Å². The summed E-state index contributed by atoms with van der Waals surface area (Å²) < 4.78 is 0. The van der Waals surface area contributed by atoms with Crippen molar-refractivity contribution < 1.29 is 5.11 Å². The van der Waals surface area contributed by atoms with Crippen molar-refractivity contribution in [3.63, 3.8) is 0 Å². The Labute approximate surface area is 87.7 Å². The van der Waals surface area contributed by atoms with Gasteiger partial charge in [-0.05, 0) is 42.7 Å². The maximum atomic E-state index is 10.7. The van der Waals surface area contributed by atoms with Gasteiger partial charge in [-0.15, -0.1) is 11.3 Å². The number of aliphatic hydroxyl groups is 1. The first-order chi connectivity index (χ1) is 6.72. The van der Waals surface area contributed by atoms with Gasteiger partial charge >= 0.3 is 0 Å². The number of hydrogen-bond acceptors (Lipinski definition) is 3. The van der Waals surface area contributed by atoms with Crippen LogP contribution in [0.5, 0.6) is 0 Å². The second kappa shape index (κ2) is 2.60. The Morgan fingerprint density at radius 3 is 2.86 bits per heavy atom. The first-order valence-corrected chi connectivity index (χ1v) is 6.09. The van der Waals surface area contributed by atoms with Gasteiger partial charge in [-0.2, -0.15) is 0 Å². The van der Waals surface area contributed by atoms with Gasteiger partial charge in [-0.3, -0.25) is 0 Å². The summed E-state index contributed by atoms with van der Waals surface area (Å²) in [6.07, 6.45) is 4.54. The molecule has 0 bridgehead atoms. The van der Waals surface area contributed by atoms with Crippen molar-refractivity contribution in [2.24, 2.45) is 11.1 Å². The quantitative estimate of drug-likeness (QED) is 0.738. The van der Waals surface area contributed by atoms with E-state index in [2.05, 4.69) is 11.4 Å². The first-order valence-electron chi connectivity index (χ1n) is 5.21. The molecule has 1 saturated carbocycles. The minimum Gasteiger partial charge on any atom is -0.382 e. The predicted molar refractivity (Wildman–Crippen MR) is 57.3 cm³/mol. The Morgan fingerprint density at radius 2 is 2.21 bits per heavy atom. The van der Waals surface area contributed by atoms with E-state index < -0.39 is 5.60 Å². The van der Waals surface area contributed by atoms with Gasteiger partial charge in [0.15, 0.2) is 0 Å². The second-order valence-electron chi connectivity index (χ2n) is 4.62. The standard InChI is InChI=1S/C11H15NOS/c12-7-11(13)9-8(2-6-14-9)1-3-10(11)4-5-10/h2,6,13H,1,3-5,7,12H2. The molecule has 14 heavy (non-hydrogen) atoms. The molecule has 1 spiro atoms. The molecule has 0 amide bonds. The van der Waals surface area contributed by atoms with Crippen molar-refractivity contribution >= 4 is 11.3 Å². The monoisotopic (exact) mass is 209 g/mol. The van der Waals surface area contributed by atoms with Crippen LogP contribution in [0.15, 0.2) is 11.4 Å². The molecule has 76 valence electrons. The lowest BCUT2D eigenvalue weighted by atomic mass is 9.73. The van der Waals surface area contributed by atoms with Crippen LogP contribution in [0.1, 0.15) is 29.7 Å². The second-order valence-corrected chi connectivity index (χ2v) is 5.54. The summed E-state index contributed by atoms with van der Waals surface area (Å²) in [7, 11) is 0. The fourth-order valence-electron chi connectivity index (χ4n) is 2.84. The Morgan fingerprint density at radius 1 is 1.43 bits per heavy atom. The van der Waals surface area contributed by atoms with Crippen molar-refractivity contribution in [1.82, 2.24) is 0 Å². The Balaban J connectivity index is 2.15. The molecule has 0 aromatic carbocycles. The molecule has 0 saturated heterocycles. The Kier molecular flexibility index (Phi) is 1.65. The molecule has 1 aromatic heterocycles. The SMILES string of the molecule is NCC1(O)c2sccc2CCC12CC2. The average Bonchev–Trinajstić information content (AvgIpc) is 2.82. The smallest absolute Gasteiger partial charge is 0.117 e. The van der Waals surface area contributed by atoms with Crippen molar-refractivity contribution in [3.8, 4) is 0 Å². The van der Waals surface area contributed by atoms with Crippen molar-refractivity contribution in [2.75, 3.05) is 6.54 Å². The molecule has 2 aliphatic rings. The van der Waals surface area contributed by atoms with Crippen LogP contribution < -0.4 is 5.73 Å². The maximum Gasteiger partial charge on any atom is 0.117 e. The zero-order valence-electron chi connectivity index (χ0n) is 8.12. The molecule has 0 aliphatic heterocycles. The van der Waals surface area contributed by atoms with E-state index in [1.807, 2.05) is 0 Å². The van der Waals surface area contributed by atoms with Gasteiger partial charge < -0.3 is 10.8 Å². The van der Waals surface area contributed by atoms with Crippen molar-refractivity contribution in [1.29, 1.82) is 0 Å². The Hall–Kier alpha value is -0.380. The van der Waals surface area contributed by atoms with E-state index in [4.69, 9.17) is 5.73 Å². The summed E-state index contributed by atoms with van der Waals surface area (Å²) in [5.41, 5.74) is 6.53. The van der Waals surface area contributed by atoms with E-state index in [1.54, 1.807) is 11.3 Å². The lowest BCUT2D eigenvalue weighted by Crippen LogP contribution is -2.46. The molecule has 1 fully saturated rings. The zero-order valence-corrected chi connectivity index (χ0v) is 8.94. The lowest BCUT2D eigenvalue weighted by molar-refractivity contribution is -0.0384. The molecule has 1 atom stereocenters. The summed E-state index contributed by atoms with van der Waals surface area (Å²) in [5.74, 6) is 0. The number of nitrogens with two attached hydrogens (primary N) is 1. The topological polar surface area (TPSA) is 46.2 Å². The average molecular weight is 209 g/mol. The predicted octanol–water partition coefficient (Wildman–Crippen LogP) is 1.62. The number of aryl methyl sites for hydroxylation is 1. The zero-order chi connectivity index (χ0) is 9.81. The minimum absolute atomic E-state index is 0.138. The van der Waals surface area contributed by atoms with Crippen LogP contribution in [0, 0.1) is 5.41 Å². The third-order valence-corrected chi connectivity index (χ3v) is 5.13. The maximum absolute atomic E-state index is 10.7. The molecule has 3 rings (SSSR count). The van der Waals surface area contributed by atoms with Crippen LogP contribution in [-0.2, 0) is 12.0 Å². The highest BCUT2D eigenvalue weighted by Gasteiger charge is 2.61. The number of thiophene rings is 1. The van der Waals surface area contributed by atoms with Gasteiger partial charge in [0.05, 0.1) is 0 Å². The highest BCUT2D eigenvalue weighted by Crippen LogP contribution is 2.64. The van der Waals surface area contributed by atoms with Crippen LogP contribution in [0.2, 0.25) is 0 Å². The molecule has 0 radical (unpaired) electrons. The van der Waals surface area contributed by atoms with Gasteiger partial charge in [-0.1, -0.05) is 0 Å². The molecular formula is C11H15NOS. The van der Waals surface area contributed by atoms with Crippen LogP contribution in [0.25, 0.3) is 0 Å². The summed E-state index contributed by atoms with van der Waals surface area (Å²) in [6.45, 7) is 0.376. The normalized spacial score (nSPS) is 33.0. The van der Waals surface area contributed by atoms with E-state index in [9.17, 15) is 5.11 Å². The third-order valence-electron chi connectivity index (χ3n) is 4.02. The van der Waals surface area contributed by atoms with Crippen molar-refractivity contribution in [2.45, 2.75) is 31.3 Å². The highest BCUT2D eigenvalue weighted by molar-refractivity contribution is 7.10. The fraction of sp³-hybridized carbons (Fsp3) is 0.636. The first kappa shape index (κ1) is 8.89. The molecule has 3 N–H and O–H groups in total. The molecule has 3 heteroatoms. The molecule has 1 heterocycles. The summed E-state index contributed by atoms with van der Waals surface area (Å²) >= 11 is 1.67. The van der Waals surface area contributed by atoms with E-state index >= 15 is 0 Å². The van der Waals surface area contributed by atoms with Crippen LogP contribution in [0.3, 0.4) is 0 Å². The molecule has 1 aromatic rings. The largest absolute Gasteiger partial charge is 0.382 e. The lowest BCUT2D eigenvalue weighted by Gasteiger charge is -2.39. The van der Waals surface area contributed by atoms with Crippen LogP contribution in [-0.4, -0.2) is 11.7 Å². The van der Waals surface area contributed by atoms with Gasteiger partial charge in [-0.25, -0.2) is 0 Å². The summed E-state index contributed by atoms with van der Waals surface area (Å²) in [6, 6.07) is 2.13. The van der Waals surface area contributed by atoms with E-state index in [1.165, 1.54) is 5.56 Å². The van der Waals surface area contributed by atoms with E-state index in [0.717, 1.165) is 30.6 Å². The molecular weight excluding hydrogens is 194 g/mol. The highest BCUT2D eigenvalue weighted by atomic mass is 32.1. The third kappa shape index (κ3) is 0.879.